The molecule has 7 nitrogen and oxygen atoms in total. The van der Waals surface area contributed by atoms with Crippen molar-refractivity contribution >= 4 is 17.7 Å². The van der Waals surface area contributed by atoms with E-state index in [0.29, 0.717) is 32.4 Å². The molecule has 0 saturated carbocycles. The van der Waals surface area contributed by atoms with Crippen molar-refractivity contribution in [3.05, 3.63) is 0 Å². The fourth-order valence-corrected chi connectivity index (χ4v) is 4.19. The quantitative estimate of drug-likeness (QED) is 0.123. The minimum atomic E-state index is -0.698. The van der Waals surface area contributed by atoms with E-state index in [-0.39, 0.29) is 17.7 Å². The van der Waals surface area contributed by atoms with Gasteiger partial charge in [-0.05, 0) is 19.3 Å². The van der Waals surface area contributed by atoms with Crippen LogP contribution in [0.5, 0.6) is 0 Å². The molecule has 0 aliphatic carbocycles. The number of carbonyl (C=O) groups excluding carboxylic acids is 3. The third-order valence-corrected chi connectivity index (χ3v) is 6.40. The predicted octanol–water partition coefficient (Wildman–Crippen LogP) is 5.76. The van der Waals surface area contributed by atoms with Crippen LogP contribution in [-0.4, -0.2) is 41.9 Å². The van der Waals surface area contributed by atoms with Crippen LogP contribution in [0.25, 0.3) is 0 Å². The summed E-state index contributed by atoms with van der Waals surface area (Å²) in [7, 11) is 0. The smallest absolute Gasteiger partial charge is 0.244 e. The molecule has 7 heteroatoms. The number of hydrogen-bond acceptors (Lipinski definition) is 4. The zero-order chi connectivity index (χ0) is 26.2. The Bertz CT molecular complexity index is 542. The lowest BCUT2D eigenvalue weighted by Crippen LogP contribution is -2.57. The Labute approximate surface area is 215 Å². The second kappa shape index (κ2) is 24.1. The Hall–Kier alpha value is -1.63. The molecular formula is C28H56N4O3. The number of hydrogen-bond donors (Lipinski definition) is 3. The minimum Gasteiger partial charge on any atom is -0.353 e. The van der Waals surface area contributed by atoms with Crippen molar-refractivity contribution < 1.29 is 14.4 Å². The molecule has 0 aromatic rings. The van der Waals surface area contributed by atoms with Gasteiger partial charge in [-0.15, -0.1) is 0 Å². The SMILES string of the molecule is CCCCCCCCCC(=O)NN(C(=O)CCCCCCCCC)C(CCCC)C(=O)NCCN. The Morgan fingerprint density at radius 2 is 1.17 bits per heavy atom. The summed E-state index contributed by atoms with van der Waals surface area (Å²) in [6.07, 6.45) is 18.7. The van der Waals surface area contributed by atoms with Gasteiger partial charge in [-0.25, -0.2) is 5.01 Å². The van der Waals surface area contributed by atoms with E-state index in [4.69, 9.17) is 5.73 Å². The second-order valence-corrected chi connectivity index (χ2v) is 9.78. The Kier molecular flexibility index (Phi) is 23.0. The van der Waals surface area contributed by atoms with Crippen LogP contribution in [0.2, 0.25) is 0 Å². The summed E-state index contributed by atoms with van der Waals surface area (Å²) >= 11 is 0. The van der Waals surface area contributed by atoms with Crippen LogP contribution in [0.1, 0.15) is 143 Å². The molecule has 0 aliphatic heterocycles. The molecule has 35 heavy (non-hydrogen) atoms. The summed E-state index contributed by atoms with van der Waals surface area (Å²) in [6.45, 7) is 7.15. The van der Waals surface area contributed by atoms with E-state index in [1.165, 1.54) is 56.4 Å². The van der Waals surface area contributed by atoms with Crippen LogP contribution >= 0.6 is 0 Å². The Morgan fingerprint density at radius 3 is 1.69 bits per heavy atom. The number of nitrogens with two attached hydrogens (primary N) is 1. The van der Waals surface area contributed by atoms with Crippen molar-refractivity contribution in [1.82, 2.24) is 15.8 Å². The Balaban J connectivity index is 4.95. The van der Waals surface area contributed by atoms with Crippen molar-refractivity contribution in [2.24, 2.45) is 5.73 Å². The zero-order valence-corrected chi connectivity index (χ0v) is 23.2. The number of hydrazine groups is 1. The highest BCUT2D eigenvalue weighted by molar-refractivity contribution is 5.89. The van der Waals surface area contributed by atoms with Gasteiger partial charge in [0, 0.05) is 25.9 Å². The monoisotopic (exact) mass is 496 g/mol. The summed E-state index contributed by atoms with van der Waals surface area (Å²) in [5.74, 6) is -0.594. The standard InChI is InChI=1S/C28H56N4O3/c1-4-7-10-12-14-16-18-21-26(33)31-32(25(20-9-6-3)28(35)30-24-23-29)27(34)22-19-17-15-13-11-8-5-2/h25H,4-24,29H2,1-3H3,(H,30,35)(H,31,33). The maximum Gasteiger partial charge on any atom is 0.244 e. The van der Waals surface area contributed by atoms with Crippen LogP contribution in [0.3, 0.4) is 0 Å². The van der Waals surface area contributed by atoms with Crippen LogP contribution in [0.15, 0.2) is 0 Å². The van der Waals surface area contributed by atoms with Crippen LogP contribution in [-0.2, 0) is 14.4 Å². The third kappa shape index (κ3) is 18.3. The van der Waals surface area contributed by atoms with Crippen LogP contribution in [0.4, 0.5) is 0 Å². The summed E-state index contributed by atoms with van der Waals surface area (Å²) < 4.78 is 0. The van der Waals surface area contributed by atoms with Crippen molar-refractivity contribution in [2.75, 3.05) is 13.1 Å². The van der Waals surface area contributed by atoms with Crippen molar-refractivity contribution in [3.8, 4) is 0 Å². The fourth-order valence-electron chi connectivity index (χ4n) is 4.19. The molecule has 1 atom stereocenters. The maximum absolute atomic E-state index is 13.2. The molecule has 3 amide bonds. The average molecular weight is 497 g/mol. The number of rotatable bonds is 23. The van der Waals surface area contributed by atoms with Gasteiger partial charge < -0.3 is 11.1 Å². The molecule has 1 unspecified atom stereocenters. The average Bonchev–Trinajstić information content (AvgIpc) is 2.85. The van der Waals surface area contributed by atoms with Gasteiger partial charge in [0.15, 0.2) is 0 Å². The number of carbonyl (C=O) groups is 3. The van der Waals surface area contributed by atoms with Gasteiger partial charge in [-0.1, -0.05) is 111 Å². The lowest BCUT2D eigenvalue weighted by molar-refractivity contribution is -0.149. The largest absolute Gasteiger partial charge is 0.353 e. The van der Waals surface area contributed by atoms with E-state index >= 15 is 0 Å². The zero-order valence-electron chi connectivity index (χ0n) is 23.2. The van der Waals surface area contributed by atoms with E-state index in [0.717, 1.165) is 51.4 Å². The summed E-state index contributed by atoms with van der Waals surface area (Å²) in [5, 5.41) is 4.15. The second-order valence-electron chi connectivity index (χ2n) is 9.78. The van der Waals surface area contributed by atoms with Crippen LogP contribution < -0.4 is 16.5 Å². The molecular weight excluding hydrogens is 440 g/mol. The molecule has 206 valence electrons. The topological polar surface area (TPSA) is 105 Å². The first-order valence-electron chi connectivity index (χ1n) is 14.6. The number of nitrogens with zero attached hydrogens (tertiary/aromatic N) is 1. The lowest BCUT2D eigenvalue weighted by atomic mass is 10.1. The minimum absolute atomic E-state index is 0.171. The molecule has 0 aromatic carbocycles. The summed E-state index contributed by atoms with van der Waals surface area (Å²) in [6, 6.07) is -0.698. The van der Waals surface area contributed by atoms with Crippen molar-refractivity contribution in [2.45, 2.75) is 149 Å². The molecule has 0 fully saturated rings. The highest BCUT2D eigenvalue weighted by Gasteiger charge is 2.30. The molecule has 0 aromatic heterocycles. The molecule has 0 heterocycles. The summed E-state index contributed by atoms with van der Waals surface area (Å²) in [5.41, 5.74) is 8.38. The molecule has 0 rings (SSSR count). The molecule has 4 N–H and O–H groups in total. The van der Waals surface area contributed by atoms with E-state index in [1.54, 1.807) is 0 Å². The number of amides is 3. The highest BCUT2D eigenvalue weighted by atomic mass is 16.2. The third-order valence-electron chi connectivity index (χ3n) is 6.40. The highest BCUT2D eigenvalue weighted by Crippen LogP contribution is 2.14. The molecule has 0 saturated heterocycles. The van der Waals surface area contributed by atoms with Gasteiger partial charge in [0.25, 0.3) is 0 Å². The molecule has 0 bridgehead atoms. The van der Waals surface area contributed by atoms with Gasteiger partial charge in [0.05, 0.1) is 0 Å². The fraction of sp³-hybridized carbons (Fsp3) is 0.893. The van der Waals surface area contributed by atoms with E-state index in [2.05, 4.69) is 31.5 Å². The Morgan fingerprint density at radius 1 is 0.686 bits per heavy atom. The van der Waals surface area contributed by atoms with Crippen molar-refractivity contribution in [1.29, 1.82) is 0 Å². The first kappa shape index (κ1) is 33.4. The van der Waals surface area contributed by atoms with Crippen LogP contribution in [0, 0.1) is 0 Å². The van der Waals surface area contributed by atoms with Gasteiger partial charge in [0.1, 0.15) is 6.04 Å². The number of unbranched alkanes of at least 4 members (excludes halogenated alkanes) is 13. The lowest BCUT2D eigenvalue weighted by Gasteiger charge is -2.31. The first-order chi connectivity index (χ1) is 17.0. The molecule has 0 radical (unpaired) electrons. The normalized spacial score (nSPS) is 11.8. The summed E-state index contributed by atoms with van der Waals surface area (Å²) in [4.78, 5) is 38.8. The van der Waals surface area contributed by atoms with E-state index in [1.807, 2.05) is 0 Å². The van der Waals surface area contributed by atoms with Gasteiger partial charge >= 0.3 is 0 Å². The maximum atomic E-state index is 13.2. The van der Waals surface area contributed by atoms with Gasteiger partial charge in [-0.2, -0.15) is 0 Å². The predicted molar refractivity (Wildman–Crippen MR) is 146 cm³/mol. The van der Waals surface area contributed by atoms with E-state index in [9.17, 15) is 14.4 Å². The van der Waals surface area contributed by atoms with Crippen molar-refractivity contribution in [3.63, 3.8) is 0 Å². The first-order valence-corrected chi connectivity index (χ1v) is 14.6. The number of nitrogens with one attached hydrogen (secondary N) is 2. The van der Waals surface area contributed by atoms with E-state index < -0.39 is 6.04 Å². The molecule has 0 aliphatic rings. The van der Waals surface area contributed by atoms with Gasteiger partial charge in [-0.3, -0.25) is 19.8 Å². The molecule has 0 spiro atoms. The van der Waals surface area contributed by atoms with Gasteiger partial charge in [0.2, 0.25) is 17.7 Å².